The molecule has 1 fully saturated rings. The largest absolute Gasteiger partial charge is 0.328 e. The van der Waals surface area contributed by atoms with Gasteiger partial charge in [-0.3, -0.25) is 4.79 Å². The Morgan fingerprint density at radius 3 is 2.83 bits per heavy atom. The first-order valence-corrected chi connectivity index (χ1v) is 6.67. The second-order valence-electron chi connectivity index (χ2n) is 5.22. The Morgan fingerprint density at radius 2 is 2.17 bits per heavy atom. The van der Waals surface area contributed by atoms with Crippen LogP contribution < -0.4 is 0 Å². The summed E-state index contributed by atoms with van der Waals surface area (Å²) in [6.45, 7) is 5.11. The molecule has 3 nitrogen and oxygen atoms in total. The van der Waals surface area contributed by atoms with Crippen molar-refractivity contribution < 1.29 is 4.79 Å². The summed E-state index contributed by atoms with van der Waals surface area (Å²) in [5.74, 6) is 2.14. The van der Waals surface area contributed by atoms with Crippen LogP contribution >= 0.6 is 0 Å². The van der Waals surface area contributed by atoms with Crippen molar-refractivity contribution >= 4 is 16.8 Å². The lowest BCUT2D eigenvalue weighted by atomic mass is 10.1. The number of hydrogen-bond acceptors (Lipinski definition) is 2. The monoisotopic (exact) mass is 242 g/mol. The third kappa shape index (κ3) is 1.84. The lowest BCUT2D eigenvalue weighted by molar-refractivity contribution is -0.120. The van der Waals surface area contributed by atoms with Gasteiger partial charge in [-0.2, -0.15) is 0 Å². The fraction of sp³-hybridized carbons (Fsp3) is 0.467. The van der Waals surface area contributed by atoms with Gasteiger partial charge in [0.25, 0.3) is 0 Å². The van der Waals surface area contributed by atoms with Crippen LogP contribution in [0.15, 0.2) is 24.3 Å². The Kier molecular flexibility index (Phi) is 2.69. The molecule has 2 atom stereocenters. The average Bonchev–Trinajstić information content (AvgIpc) is 3.00. The first-order valence-electron chi connectivity index (χ1n) is 6.67. The number of hydrogen-bond donors (Lipinski definition) is 0. The Labute approximate surface area is 107 Å². The van der Waals surface area contributed by atoms with Crippen LogP contribution in [-0.4, -0.2) is 15.3 Å². The van der Waals surface area contributed by atoms with Crippen molar-refractivity contribution in [2.45, 2.75) is 33.2 Å². The lowest BCUT2D eigenvalue weighted by Crippen LogP contribution is -2.11. The molecule has 1 heterocycles. The molecule has 1 aliphatic rings. The molecule has 3 heteroatoms. The van der Waals surface area contributed by atoms with E-state index in [1.165, 1.54) is 0 Å². The van der Waals surface area contributed by atoms with Crippen molar-refractivity contribution in [1.82, 2.24) is 9.55 Å². The number of carbonyl (C=O) groups is 1. The van der Waals surface area contributed by atoms with E-state index in [0.717, 1.165) is 29.8 Å². The number of aromatic nitrogens is 2. The number of rotatable bonds is 4. The Hall–Kier alpha value is -1.64. The Bertz CT molecular complexity index is 600. The van der Waals surface area contributed by atoms with Gasteiger partial charge in [-0.05, 0) is 31.4 Å². The van der Waals surface area contributed by atoms with Crippen LogP contribution in [0.3, 0.4) is 0 Å². The van der Waals surface area contributed by atoms with Gasteiger partial charge in [0, 0.05) is 12.5 Å². The minimum Gasteiger partial charge on any atom is -0.328 e. The highest BCUT2D eigenvalue weighted by Gasteiger charge is 2.39. The van der Waals surface area contributed by atoms with Gasteiger partial charge >= 0.3 is 0 Å². The molecule has 0 spiro atoms. The number of para-hydroxylation sites is 2. The van der Waals surface area contributed by atoms with Crippen molar-refractivity contribution in [2.75, 3.05) is 0 Å². The summed E-state index contributed by atoms with van der Waals surface area (Å²) >= 11 is 0. The SMILES string of the molecule is CCn1c(CC(=O)C2CC2C)nc2ccccc21. The van der Waals surface area contributed by atoms with E-state index in [1.807, 2.05) is 18.2 Å². The Morgan fingerprint density at radius 1 is 1.44 bits per heavy atom. The molecular weight excluding hydrogens is 224 g/mol. The number of ketones is 1. The van der Waals surface area contributed by atoms with Crippen LogP contribution in [0.1, 0.15) is 26.1 Å². The van der Waals surface area contributed by atoms with E-state index in [4.69, 9.17) is 0 Å². The molecular formula is C15H18N2O. The minimum atomic E-state index is 0.287. The van der Waals surface area contributed by atoms with Gasteiger partial charge in [-0.25, -0.2) is 4.98 Å². The molecule has 0 N–H and O–H groups in total. The highest BCUT2D eigenvalue weighted by molar-refractivity contribution is 5.86. The predicted molar refractivity (Wildman–Crippen MR) is 71.4 cm³/mol. The Balaban J connectivity index is 1.93. The van der Waals surface area contributed by atoms with Crippen molar-refractivity contribution in [3.8, 4) is 0 Å². The number of aryl methyl sites for hydroxylation is 1. The second-order valence-corrected chi connectivity index (χ2v) is 5.22. The molecule has 1 aromatic carbocycles. The predicted octanol–water partition coefficient (Wildman–Crippen LogP) is 2.82. The van der Waals surface area contributed by atoms with Crippen LogP contribution in [0.2, 0.25) is 0 Å². The van der Waals surface area contributed by atoms with Gasteiger partial charge in [0.15, 0.2) is 0 Å². The molecule has 0 radical (unpaired) electrons. The number of carbonyl (C=O) groups excluding carboxylic acids is 1. The maximum atomic E-state index is 12.1. The third-order valence-corrected chi connectivity index (χ3v) is 3.91. The van der Waals surface area contributed by atoms with E-state index >= 15 is 0 Å². The third-order valence-electron chi connectivity index (χ3n) is 3.91. The van der Waals surface area contributed by atoms with E-state index in [2.05, 4.69) is 29.5 Å². The molecule has 0 saturated heterocycles. The first-order chi connectivity index (χ1) is 8.70. The average molecular weight is 242 g/mol. The first kappa shape index (κ1) is 11.5. The minimum absolute atomic E-state index is 0.287. The fourth-order valence-corrected chi connectivity index (χ4v) is 2.67. The van der Waals surface area contributed by atoms with Crippen LogP contribution in [0.25, 0.3) is 11.0 Å². The van der Waals surface area contributed by atoms with Crippen molar-refractivity contribution in [1.29, 1.82) is 0 Å². The van der Waals surface area contributed by atoms with Gasteiger partial charge in [-0.15, -0.1) is 0 Å². The molecule has 0 amide bonds. The number of fused-ring (bicyclic) bond motifs is 1. The highest BCUT2D eigenvalue weighted by atomic mass is 16.1. The molecule has 1 aliphatic carbocycles. The van der Waals surface area contributed by atoms with E-state index in [1.54, 1.807) is 0 Å². The molecule has 2 unspecified atom stereocenters. The summed E-state index contributed by atoms with van der Waals surface area (Å²) in [5, 5.41) is 0. The van der Waals surface area contributed by atoms with Gasteiger partial charge in [0.05, 0.1) is 17.5 Å². The van der Waals surface area contributed by atoms with Crippen LogP contribution in [0.5, 0.6) is 0 Å². The number of Topliss-reactive ketones (excluding diaryl/α,β-unsaturated/α-hetero) is 1. The van der Waals surface area contributed by atoms with Crippen molar-refractivity contribution in [3.63, 3.8) is 0 Å². The molecule has 0 aliphatic heterocycles. The second kappa shape index (κ2) is 4.23. The molecule has 1 saturated carbocycles. The number of benzene rings is 1. The zero-order valence-electron chi connectivity index (χ0n) is 10.9. The smallest absolute Gasteiger partial charge is 0.143 e. The van der Waals surface area contributed by atoms with Gasteiger partial charge in [0.2, 0.25) is 0 Å². The lowest BCUT2D eigenvalue weighted by Gasteiger charge is -2.05. The number of imidazole rings is 1. The molecule has 1 aromatic heterocycles. The summed E-state index contributed by atoms with van der Waals surface area (Å²) in [5.41, 5.74) is 2.12. The fourth-order valence-electron chi connectivity index (χ4n) is 2.67. The van der Waals surface area contributed by atoms with E-state index in [9.17, 15) is 4.79 Å². The summed E-state index contributed by atoms with van der Waals surface area (Å²) in [6.07, 6.45) is 1.54. The zero-order valence-corrected chi connectivity index (χ0v) is 10.9. The van der Waals surface area contributed by atoms with Crippen molar-refractivity contribution in [2.24, 2.45) is 11.8 Å². The number of nitrogens with zero attached hydrogens (tertiary/aromatic N) is 2. The molecule has 18 heavy (non-hydrogen) atoms. The maximum absolute atomic E-state index is 12.1. The molecule has 94 valence electrons. The topological polar surface area (TPSA) is 34.9 Å². The quantitative estimate of drug-likeness (QED) is 0.826. The maximum Gasteiger partial charge on any atom is 0.143 e. The molecule has 3 rings (SSSR count). The molecule has 0 bridgehead atoms. The summed E-state index contributed by atoms with van der Waals surface area (Å²) < 4.78 is 2.15. The van der Waals surface area contributed by atoms with E-state index in [0.29, 0.717) is 18.1 Å². The van der Waals surface area contributed by atoms with Crippen LogP contribution in [0.4, 0.5) is 0 Å². The van der Waals surface area contributed by atoms with Crippen LogP contribution in [0, 0.1) is 11.8 Å². The normalized spacial score (nSPS) is 22.3. The zero-order chi connectivity index (χ0) is 12.7. The summed E-state index contributed by atoms with van der Waals surface area (Å²) in [6, 6.07) is 8.09. The van der Waals surface area contributed by atoms with Crippen molar-refractivity contribution in [3.05, 3.63) is 30.1 Å². The van der Waals surface area contributed by atoms with Gasteiger partial charge in [0.1, 0.15) is 11.6 Å². The standard InChI is InChI=1S/C15H18N2O/c1-3-17-13-7-5-4-6-12(13)16-15(17)9-14(18)11-8-10(11)2/h4-7,10-11H,3,8-9H2,1-2H3. The highest BCUT2D eigenvalue weighted by Crippen LogP contribution is 2.39. The van der Waals surface area contributed by atoms with Gasteiger partial charge < -0.3 is 4.57 Å². The van der Waals surface area contributed by atoms with Crippen LogP contribution in [-0.2, 0) is 17.8 Å². The molecule has 2 aromatic rings. The van der Waals surface area contributed by atoms with Gasteiger partial charge in [-0.1, -0.05) is 19.1 Å². The summed E-state index contributed by atoms with van der Waals surface area (Å²) in [4.78, 5) is 16.7. The van der Waals surface area contributed by atoms with E-state index < -0.39 is 0 Å². The summed E-state index contributed by atoms with van der Waals surface area (Å²) in [7, 11) is 0. The van der Waals surface area contributed by atoms with E-state index in [-0.39, 0.29) is 5.92 Å².